The molecule has 0 aromatic heterocycles. The molecule has 2 atom stereocenters. The Hall–Kier alpha value is -1.34. The highest BCUT2D eigenvalue weighted by Gasteiger charge is 2.49. The van der Waals surface area contributed by atoms with Gasteiger partial charge in [-0.2, -0.15) is 4.99 Å². The Morgan fingerprint density at radius 2 is 2.00 bits per heavy atom. The number of fused-ring (bicyclic) bond motifs is 1. The van der Waals surface area contributed by atoms with Crippen LogP contribution in [0.15, 0.2) is 35.3 Å². The molecule has 106 valence electrons. The van der Waals surface area contributed by atoms with E-state index in [0.717, 1.165) is 5.69 Å². The quantitative estimate of drug-likeness (QED) is 0.782. The van der Waals surface area contributed by atoms with Gasteiger partial charge in [0.2, 0.25) is 5.91 Å². The van der Waals surface area contributed by atoms with Crippen molar-refractivity contribution in [1.82, 2.24) is 0 Å². The summed E-state index contributed by atoms with van der Waals surface area (Å²) < 4.78 is 23.6. The first kappa shape index (κ1) is 13.6. The third kappa shape index (κ3) is 2.47. The first-order valence-corrected chi connectivity index (χ1v) is 8.97. The predicted molar refractivity (Wildman–Crippen MR) is 80.9 cm³/mol. The van der Waals surface area contributed by atoms with Gasteiger partial charge in [-0.25, -0.2) is 8.42 Å². The molecule has 1 amide bonds. The maximum absolute atomic E-state index is 11.8. The number of thioether (sulfide) groups is 1. The summed E-state index contributed by atoms with van der Waals surface area (Å²) in [6, 6.07) is 9.36. The molecule has 0 saturated carbocycles. The van der Waals surface area contributed by atoms with Gasteiger partial charge in [-0.05, 0) is 12.1 Å². The number of hydrogen-bond donors (Lipinski definition) is 0. The third-order valence-corrected chi connectivity index (χ3v) is 6.56. The Kier molecular flexibility index (Phi) is 3.33. The first-order chi connectivity index (χ1) is 9.46. The average molecular weight is 310 g/mol. The maximum atomic E-state index is 11.8. The zero-order valence-electron chi connectivity index (χ0n) is 10.9. The number of aliphatic imine (C=N–C) groups is 1. The highest BCUT2D eigenvalue weighted by molar-refractivity contribution is 8.16. The fourth-order valence-electron chi connectivity index (χ4n) is 2.59. The summed E-state index contributed by atoms with van der Waals surface area (Å²) in [4.78, 5) is 17.2. The van der Waals surface area contributed by atoms with Gasteiger partial charge in [0, 0.05) is 17.9 Å². The Morgan fingerprint density at radius 3 is 2.65 bits per heavy atom. The second kappa shape index (κ2) is 4.89. The van der Waals surface area contributed by atoms with Crippen molar-refractivity contribution in [3.05, 3.63) is 30.3 Å². The molecular formula is C13H14N2O3S2. The van der Waals surface area contributed by atoms with E-state index in [1.165, 1.54) is 18.7 Å². The number of anilines is 1. The number of rotatable bonds is 1. The van der Waals surface area contributed by atoms with Gasteiger partial charge in [0.15, 0.2) is 15.0 Å². The van der Waals surface area contributed by atoms with E-state index in [2.05, 4.69) is 4.99 Å². The summed E-state index contributed by atoms with van der Waals surface area (Å²) >= 11 is 1.39. The number of nitrogens with zero attached hydrogens (tertiary/aromatic N) is 2. The lowest BCUT2D eigenvalue weighted by molar-refractivity contribution is -0.115. The van der Waals surface area contributed by atoms with Crippen molar-refractivity contribution in [2.45, 2.75) is 18.2 Å². The number of sulfone groups is 1. The molecule has 5 nitrogen and oxygen atoms in total. The molecule has 0 bridgehead atoms. The van der Waals surface area contributed by atoms with Crippen LogP contribution in [0.4, 0.5) is 5.69 Å². The zero-order valence-corrected chi connectivity index (χ0v) is 12.5. The lowest BCUT2D eigenvalue weighted by atomic mass is 10.2. The Bertz CT molecular complexity index is 670. The molecule has 7 heteroatoms. The second-order valence-electron chi connectivity index (χ2n) is 4.92. The first-order valence-electron chi connectivity index (χ1n) is 6.27. The van der Waals surface area contributed by atoms with Crippen molar-refractivity contribution in [1.29, 1.82) is 0 Å². The zero-order chi connectivity index (χ0) is 14.3. The van der Waals surface area contributed by atoms with Crippen LogP contribution in [-0.2, 0) is 14.6 Å². The molecule has 1 aromatic carbocycles. The standard InChI is InChI=1S/C13H14N2O3S2/c1-9(16)14-13-15(10-5-3-2-4-6-10)11-7-20(17,18)8-12(11)19-13/h2-6,11-12H,7-8H2,1H3/t11-,12+/m1/s1. The number of benzene rings is 1. The molecule has 0 spiro atoms. The van der Waals surface area contributed by atoms with Gasteiger partial charge in [0.25, 0.3) is 0 Å². The molecule has 0 radical (unpaired) electrons. The van der Waals surface area contributed by atoms with Crippen LogP contribution in [0.5, 0.6) is 0 Å². The highest BCUT2D eigenvalue weighted by atomic mass is 32.2. The summed E-state index contributed by atoms with van der Waals surface area (Å²) in [5.41, 5.74) is 0.879. The van der Waals surface area contributed by atoms with Gasteiger partial charge >= 0.3 is 0 Å². The minimum atomic E-state index is -3.00. The summed E-state index contributed by atoms with van der Waals surface area (Å²) in [6.07, 6.45) is 0. The molecule has 2 heterocycles. The fraction of sp³-hybridized carbons (Fsp3) is 0.385. The van der Waals surface area contributed by atoms with Crippen molar-refractivity contribution < 1.29 is 13.2 Å². The lowest BCUT2D eigenvalue weighted by Gasteiger charge is -2.24. The molecule has 0 N–H and O–H groups in total. The van der Waals surface area contributed by atoms with E-state index in [1.807, 2.05) is 35.2 Å². The number of amides is 1. The summed E-state index contributed by atoms with van der Waals surface area (Å²) in [6.45, 7) is 1.40. The van der Waals surface area contributed by atoms with Crippen molar-refractivity contribution in [2.75, 3.05) is 16.4 Å². The van der Waals surface area contributed by atoms with Gasteiger partial charge in [-0.3, -0.25) is 4.79 Å². The SMILES string of the molecule is CC(=O)N=C1S[C@H]2CS(=O)(=O)C[C@H]2N1c1ccccc1. The molecule has 2 fully saturated rings. The van der Waals surface area contributed by atoms with Crippen LogP contribution >= 0.6 is 11.8 Å². The van der Waals surface area contributed by atoms with Crippen LogP contribution in [-0.4, -0.2) is 42.3 Å². The lowest BCUT2D eigenvalue weighted by Crippen LogP contribution is -2.37. The van der Waals surface area contributed by atoms with E-state index < -0.39 is 9.84 Å². The molecule has 0 aliphatic carbocycles. The fourth-order valence-corrected chi connectivity index (χ4v) is 6.55. The van der Waals surface area contributed by atoms with E-state index in [9.17, 15) is 13.2 Å². The predicted octanol–water partition coefficient (Wildman–Crippen LogP) is 1.31. The molecule has 3 rings (SSSR count). The van der Waals surface area contributed by atoms with E-state index in [1.54, 1.807) is 0 Å². The molecule has 20 heavy (non-hydrogen) atoms. The van der Waals surface area contributed by atoms with E-state index in [0.29, 0.717) is 5.17 Å². The molecule has 0 unspecified atom stereocenters. The number of para-hydroxylation sites is 1. The number of carbonyl (C=O) groups is 1. The maximum Gasteiger partial charge on any atom is 0.244 e. The van der Waals surface area contributed by atoms with Crippen molar-refractivity contribution in [3.8, 4) is 0 Å². The van der Waals surface area contributed by atoms with E-state index >= 15 is 0 Å². The Morgan fingerprint density at radius 1 is 1.30 bits per heavy atom. The smallest absolute Gasteiger partial charge is 0.244 e. The Balaban J connectivity index is 2.03. The van der Waals surface area contributed by atoms with Crippen molar-refractivity contribution in [3.63, 3.8) is 0 Å². The second-order valence-corrected chi connectivity index (χ2v) is 8.28. The Labute approximate surface area is 122 Å². The summed E-state index contributed by atoms with van der Waals surface area (Å²) in [5.74, 6) is 0.00951. The molecular weight excluding hydrogens is 296 g/mol. The largest absolute Gasteiger partial charge is 0.316 e. The van der Waals surface area contributed by atoms with Crippen molar-refractivity contribution >= 4 is 38.4 Å². The van der Waals surface area contributed by atoms with Crippen LogP contribution < -0.4 is 4.90 Å². The van der Waals surface area contributed by atoms with Crippen molar-refractivity contribution in [2.24, 2.45) is 4.99 Å². The number of amidine groups is 1. The van der Waals surface area contributed by atoms with Crippen LogP contribution in [0, 0.1) is 0 Å². The van der Waals surface area contributed by atoms with E-state index in [-0.39, 0.29) is 28.7 Å². The third-order valence-electron chi connectivity index (χ3n) is 3.35. The van der Waals surface area contributed by atoms with Crippen LogP contribution in [0.1, 0.15) is 6.92 Å². The van der Waals surface area contributed by atoms with Crippen LogP contribution in [0.3, 0.4) is 0 Å². The molecule has 1 aromatic rings. The highest BCUT2D eigenvalue weighted by Crippen LogP contribution is 2.40. The molecule has 2 saturated heterocycles. The topological polar surface area (TPSA) is 66.8 Å². The molecule has 2 aliphatic rings. The number of carbonyl (C=O) groups excluding carboxylic acids is 1. The van der Waals surface area contributed by atoms with Gasteiger partial charge in [-0.1, -0.05) is 30.0 Å². The van der Waals surface area contributed by atoms with E-state index in [4.69, 9.17) is 0 Å². The monoisotopic (exact) mass is 310 g/mol. The van der Waals surface area contributed by atoms with Gasteiger partial charge in [0.1, 0.15) is 0 Å². The molecule has 2 aliphatic heterocycles. The minimum Gasteiger partial charge on any atom is -0.316 e. The van der Waals surface area contributed by atoms with Crippen LogP contribution in [0.2, 0.25) is 0 Å². The van der Waals surface area contributed by atoms with Gasteiger partial charge < -0.3 is 4.90 Å². The van der Waals surface area contributed by atoms with Gasteiger partial charge in [-0.15, -0.1) is 0 Å². The number of hydrogen-bond acceptors (Lipinski definition) is 4. The summed E-state index contributed by atoms with van der Waals surface area (Å²) in [5, 5.41) is 0.562. The average Bonchev–Trinajstić information content (AvgIpc) is 2.80. The van der Waals surface area contributed by atoms with Crippen LogP contribution in [0.25, 0.3) is 0 Å². The summed E-state index contributed by atoms with van der Waals surface area (Å²) in [7, 11) is -3.00. The minimum absolute atomic E-state index is 0.0432. The van der Waals surface area contributed by atoms with Gasteiger partial charge in [0.05, 0.1) is 17.5 Å². The normalized spacial score (nSPS) is 29.6.